The number of H-pyrrole nitrogens is 2. The molecule has 2 aliphatic carbocycles. The molecule has 0 radical (unpaired) electrons. The zero-order valence-corrected chi connectivity index (χ0v) is 21.5. The molecule has 6 rings (SSSR count). The summed E-state index contributed by atoms with van der Waals surface area (Å²) in [5.74, 6) is 2.98. The van der Waals surface area contributed by atoms with Crippen molar-refractivity contribution in [2.75, 3.05) is 32.7 Å². The number of nitrogens with zero attached hydrogens (tertiary/aromatic N) is 5. The number of imidazole rings is 2. The molecule has 7 heteroatoms. The topological polar surface area (TPSA) is 67.1 Å². The van der Waals surface area contributed by atoms with E-state index in [9.17, 15) is 0 Å². The van der Waals surface area contributed by atoms with Gasteiger partial charge in [0, 0.05) is 56.5 Å². The van der Waals surface area contributed by atoms with Gasteiger partial charge in [-0.15, -0.1) is 0 Å². The quantitative estimate of drug-likeness (QED) is 0.587. The Morgan fingerprint density at radius 3 is 2.03 bits per heavy atom. The number of nitrogens with one attached hydrogen (secondary N) is 2. The molecule has 2 saturated heterocycles. The fourth-order valence-electron chi connectivity index (χ4n) is 7.68. The number of likely N-dealkylation sites (tertiary alicyclic amines) is 2. The summed E-state index contributed by atoms with van der Waals surface area (Å²) in [7, 11) is 0. The summed E-state index contributed by atoms with van der Waals surface area (Å²) >= 11 is 0. The fraction of sp³-hybridized carbons (Fsp3) is 0.786. The van der Waals surface area contributed by atoms with Gasteiger partial charge in [0.1, 0.15) is 11.6 Å². The molecule has 2 aromatic heterocycles. The molecule has 2 aromatic rings. The van der Waals surface area contributed by atoms with Gasteiger partial charge < -0.3 is 19.8 Å². The molecule has 4 aliphatic rings. The van der Waals surface area contributed by atoms with E-state index in [4.69, 9.17) is 0 Å². The Labute approximate surface area is 211 Å². The predicted octanol–water partition coefficient (Wildman–Crippen LogP) is 4.42. The van der Waals surface area contributed by atoms with Gasteiger partial charge in [0.2, 0.25) is 0 Å². The van der Waals surface area contributed by atoms with Crippen LogP contribution < -0.4 is 0 Å². The smallest absolute Gasteiger partial charge is 0.120 e. The number of rotatable bonds is 8. The minimum absolute atomic E-state index is 0.619. The molecule has 2 aliphatic heterocycles. The van der Waals surface area contributed by atoms with Crippen molar-refractivity contribution >= 4 is 0 Å². The van der Waals surface area contributed by atoms with Crippen LogP contribution in [0.15, 0.2) is 24.8 Å². The molecule has 2 N–H and O–H groups in total. The van der Waals surface area contributed by atoms with E-state index >= 15 is 0 Å². The van der Waals surface area contributed by atoms with Gasteiger partial charge in [-0.05, 0) is 75.8 Å². The molecular weight excluding hydrogens is 434 g/mol. The zero-order chi connectivity index (χ0) is 23.5. The second kappa shape index (κ2) is 10.7. The first-order valence-electron chi connectivity index (χ1n) is 14.4. The summed E-state index contributed by atoms with van der Waals surface area (Å²) in [6.45, 7) is 8.54. The third-order valence-electron chi connectivity index (χ3n) is 9.73. The van der Waals surface area contributed by atoms with Crippen molar-refractivity contribution in [3.8, 4) is 0 Å². The molecule has 2 saturated carbocycles. The van der Waals surface area contributed by atoms with Crippen molar-refractivity contribution in [1.82, 2.24) is 34.6 Å². The maximum atomic E-state index is 4.49. The maximum Gasteiger partial charge on any atom is 0.120 e. The molecule has 4 fully saturated rings. The van der Waals surface area contributed by atoms with Crippen LogP contribution in [0.3, 0.4) is 0 Å². The Bertz CT molecular complexity index is 828. The van der Waals surface area contributed by atoms with Crippen LogP contribution in [0, 0.1) is 11.3 Å². The normalized spacial score (nSPS) is 28.5. The van der Waals surface area contributed by atoms with Crippen molar-refractivity contribution in [3.63, 3.8) is 0 Å². The standard InChI is InChI=1S/C28H45N7/c1-2-4-24(5-3-1)34-16-10-28(11-17-34)21-33(22-28)18-23-6-8-25(9-7-23)35(19-26-29-12-13-30-26)20-27-31-14-15-32-27/h12-15,23-25H,1-11,16-22H2,(H,29,30)(H,31,32). The first-order valence-corrected chi connectivity index (χ1v) is 14.4. The average molecular weight is 480 g/mol. The zero-order valence-electron chi connectivity index (χ0n) is 21.5. The SMILES string of the molecule is c1c[nH]c(CN(Cc2ncc[nH]2)C2CCC(CN3CC4(CCN(C5CCCCC5)CC4)C3)CC2)n1. The summed E-state index contributed by atoms with van der Waals surface area (Å²) in [6, 6.07) is 1.53. The molecule has 35 heavy (non-hydrogen) atoms. The van der Waals surface area contributed by atoms with Gasteiger partial charge in [0.25, 0.3) is 0 Å². The first-order chi connectivity index (χ1) is 17.2. The van der Waals surface area contributed by atoms with E-state index in [0.717, 1.165) is 36.7 Å². The number of hydrogen-bond acceptors (Lipinski definition) is 5. The van der Waals surface area contributed by atoms with Gasteiger partial charge in [-0.1, -0.05) is 19.3 Å². The minimum atomic E-state index is 0.619. The number of aromatic nitrogens is 4. The van der Waals surface area contributed by atoms with Gasteiger partial charge in [-0.25, -0.2) is 9.97 Å². The van der Waals surface area contributed by atoms with Gasteiger partial charge in [0.05, 0.1) is 13.1 Å². The van der Waals surface area contributed by atoms with Crippen molar-refractivity contribution in [3.05, 3.63) is 36.4 Å². The van der Waals surface area contributed by atoms with Crippen LogP contribution in [-0.2, 0) is 13.1 Å². The highest BCUT2D eigenvalue weighted by molar-refractivity contribution is 5.00. The summed E-state index contributed by atoms with van der Waals surface area (Å²) in [5, 5.41) is 0. The number of piperidine rings is 1. The number of hydrogen-bond donors (Lipinski definition) is 2. The molecule has 0 amide bonds. The Morgan fingerprint density at radius 1 is 0.829 bits per heavy atom. The second-order valence-corrected chi connectivity index (χ2v) is 12.1. The van der Waals surface area contributed by atoms with E-state index in [1.54, 1.807) is 0 Å². The van der Waals surface area contributed by atoms with Crippen molar-refractivity contribution in [1.29, 1.82) is 0 Å². The van der Waals surface area contributed by atoms with Crippen LogP contribution in [-0.4, -0.2) is 79.4 Å². The summed E-state index contributed by atoms with van der Waals surface area (Å²) < 4.78 is 0. The molecule has 0 bridgehead atoms. The molecule has 192 valence electrons. The lowest BCUT2D eigenvalue weighted by Crippen LogP contribution is -2.61. The molecule has 0 unspecified atom stereocenters. The van der Waals surface area contributed by atoms with E-state index in [2.05, 4.69) is 34.6 Å². The van der Waals surface area contributed by atoms with Crippen LogP contribution >= 0.6 is 0 Å². The highest BCUT2D eigenvalue weighted by Gasteiger charge is 2.46. The first kappa shape index (κ1) is 23.7. The Morgan fingerprint density at radius 2 is 1.46 bits per heavy atom. The minimum Gasteiger partial charge on any atom is -0.348 e. The largest absolute Gasteiger partial charge is 0.348 e. The van der Waals surface area contributed by atoms with Crippen LogP contribution in [0.5, 0.6) is 0 Å². The van der Waals surface area contributed by atoms with E-state index < -0.39 is 0 Å². The van der Waals surface area contributed by atoms with Crippen LogP contribution in [0.4, 0.5) is 0 Å². The third kappa shape index (κ3) is 5.67. The van der Waals surface area contributed by atoms with Crippen molar-refractivity contribution in [2.24, 2.45) is 11.3 Å². The summed E-state index contributed by atoms with van der Waals surface area (Å²) in [6.07, 6.45) is 23.1. The van der Waals surface area contributed by atoms with E-state index in [1.165, 1.54) is 103 Å². The monoisotopic (exact) mass is 479 g/mol. The average Bonchev–Trinajstić information content (AvgIpc) is 3.59. The van der Waals surface area contributed by atoms with E-state index in [0.29, 0.717) is 11.5 Å². The maximum absolute atomic E-state index is 4.49. The van der Waals surface area contributed by atoms with Gasteiger partial charge in [0.15, 0.2) is 0 Å². The fourth-order valence-corrected chi connectivity index (χ4v) is 7.68. The lowest BCUT2D eigenvalue weighted by molar-refractivity contribution is -0.0652. The lowest BCUT2D eigenvalue weighted by Gasteiger charge is -2.56. The van der Waals surface area contributed by atoms with Gasteiger partial charge in [-0.3, -0.25) is 4.90 Å². The lowest BCUT2D eigenvalue weighted by atomic mass is 9.71. The Kier molecular flexibility index (Phi) is 7.26. The molecule has 1 spiro atoms. The summed E-state index contributed by atoms with van der Waals surface area (Å²) in [5.41, 5.74) is 0.658. The van der Waals surface area contributed by atoms with Crippen molar-refractivity contribution < 1.29 is 0 Å². The van der Waals surface area contributed by atoms with E-state index in [-0.39, 0.29) is 0 Å². The van der Waals surface area contributed by atoms with Crippen LogP contribution in [0.1, 0.15) is 82.3 Å². The van der Waals surface area contributed by atoms with Crippen LogP contribution in [0.2, 0.25) is 0 Å². The highest BCUT2D eigenvalue weighted by Crippen LogP contribution is 2.43. The van der Waals surface area contributed by atoms with Crippen LogP contribution in [0.25, 0.3) is 0 Å². The molecular formula is C28H45N7. The highest BCUT2D eigenvalue weighted by atomic mass is 15.2. The van der Waals surface area contributed by atoms with Crippen molar-refractivity contribution in [2.45, 2.75) is 95.8 Å². The van der Waals surface area contributed by atoms with Gasteiger partial charge >= 0.3 is 0 Å². The molecule has 0 atom stereocenters. The second-order valence-electron chi connectivity index (χ2n) is 12.1. The molecule has 4 heterocycles. The number of aromatic amines is 2. The van der Waals surface area contributed by atoms with Gasteiger partial charge in [-0.2, -0.15) is 0 Å². The summed E-state index contributed by atoms with van der Waals surface area (Å²) in [4.78, 5) is 23.8. The molecule has 7 nitrogen and oxygen atoms in total. The molecule has 0 aromatic carbocycles. The Hall–Kier alpha value is -1.70. The predicted molar refractivity (Wildman–Crippen MR) is 139 cm³/mol. The van der Waals surface area contributed by atoms with E-state index in [1.807, 2.05) is 24.8 Å². The Balaban J connectivity index is 0.944. The third-order valence-corrected chi connectivity index (χ3v) is 9.73.